The van der Waals surface area contributed by atoms with Crippen LogP contribution >= 0.6 is 0 Å². The van der Waals surface area contributed by atoms with Gasteiger partial charge >= 0.3 is 0 Å². The number of hydrogen-bond donors (Lipinski definition) is 1. The lowest BCUT2D eigenvalue weighted by Gasteiger charge is -2.21. The van der Waals surface area contributed by atoms with Crippen LogP contribution in [0.25, 0.3) is 0 Å². The zero-order valence-electron chi connectivity index (χ0n) is 11.0. The summed E-state index contributed by atoms with van der Waals surface area (Å²) in [5.41, 5.74) is 0. The van der Waals surface area contributed by atoms with Crippen LogP contribution in [0.4, 0.5) is 0 Å². The number of hydrogen-bond acceptors (Lipinski definition) is 2. The van der Waals surface area contributed by atoms with Gasteiger partial charge in [0.05, 0.1) is 6.54 Å². The summed E-state index contributed by atoms with van der Waals surface area (Å²) >= 11 is 0. The highest BCUT2D eigenvalue weighted by atomic mass is 16.2. The minimum absolute atomic E-state index is 0.182. The van der Waals surface area contributed by atoms with Gasteiger partial charge in [-0.3, -0.25) is 4.79 Å². The molecule has 1 amide bonds. The van der Waals surface area contributed by atoms with Gasteiger partial charge in [-0.15, -0.1) is 0 Å². The standard InChI is InChI=1S/C13H26N2O/c1-4-5-7-11-8-6-9-12(11)14-10-13(16)15(2)3/h11-12,14H,4-10H2,1-3H3. The smallest absolute Gasteiger partial charge is 0.236 e. The SMILES string of the molecule is CCCCC1CCCC1NCC(=O)N(C)C. The van der Waals surface area contributed by atoms with Crippen molar-refractivity contribution in [1.29, 1.82) is 0 Å². The van der Waals surface area contributed by atoms with Crippen molar-refractivity contribution in [1.82, 2.24) is 10.2 Å². The largest absolute Gasteiger partial charge is 0.348 e. The van der Waals surface area contributed by atoms with Gasteiger partial charge in [0.2, 0.25) is 5.91 Å². The molecule has 3 heteroatoms. The highest BCUT2D eigenvalue weighted by molar-refractivity contribution is 5.77. The summed E-state index contributed by atoms with van der Waals surface area (Å²) in [5, 5.41) is 3.43. The van der Waals surface area contributed by atoms with Gasteiger partial charge in [0.25, 0.3) is 0 Å². The first kappa shape index (κ1) is 13.5. The molecular weight excluding hydrogens is 200 g/mol. The predicted molar refractivity (Wildman–Crippen MR) is 67.4 cm³/mol. The Bertz CT molecular complexity index is 216. The number of unbranched alkanes of at least 4 members (excludes halogenated alkanes) is 1. The molecule has 1 fully saturated rings. The quantitative estimate of drug-likeness (QED) is 0.751. The molecule has 1 saturated carbocycles. The van der Waals surface area contributed by atoms with Crippen molar-refractivity contribution >= 4 is 5.91 Å². The number of nitrogens with zero attached hydrogens (tertiary/aromatic N) is 1. The highest BCUT2D eigenvalue weighted by Crippen LogP contribution is 2.29. The molecule has 2 atom stereocenters. The van der Waals surface area contributed by atoms with Gasteiger partial charge in [0.1, 0.15) is 0 Å². The van der Waals surface area contributed by atoms with Crippen LogP contribution in [-0.2, 0) is 4.79 Å². The molecule has 0 bridgehead atoms. The first-order valence-electron chi connectivity index (χ1n) is 6.58. The minimum Gasteiger partial charge on any atom is -0.348 e. The number of amides is 1. The normalized spacial score (nSPS) is 24.7. The van der Waals surface area contributed by atoms with E-state index >= 15 is 0 Å². The van der Waals surface area contributed by atoms with Crippen molar-refractivity contribution in [3.63, 3.8) is 0 Å². The van der Waals surface area contributed by atoms with Crippen molar-refractivity contribution in [2.45, 2.75) is 51.5 Å². The third kappa shape index (κ3) is 4.12. The van der Waals surface area contributed by atoms with E-state index in [0.29, 0.717) is 12.6 Å². The molecule has 2 unspecified atom stereocenters. The first-order valence-corrected chi connectivity index (χ1v) is 6.58. The van der Waals surface area contributed by atoms with Crippen molar-refractivity contribution < 1.29 is 4.79 Å². The second-order valence-corrected chi connectivity index (χ2v) is 5.11. The highest BCUT2D eigenvalue weighted by Gasteiger charge is 2.26. The third-order valence-corrected chi connectivity index (χ3v) is 3.60. The van der Waals surface area contributed by atoms with Crippen LogP contribution in [0.1, 0.15) is 45.4 Å². The van der Waals surface area contributed by atoms with Crippen molar-refractivity contribution in [3.8, 4) is 0 Å². The zero-order chi connectivity index (χ0) is 12.0. The van der Waals surface area contributed by atoms with Gasteiger partial charge in [0, 0.05) is 20.1 Å². The maximum absolute atomic E-state index is 11.5. The van der Waals surface area contributed by atoms with Crippen LogP contribution < -0.4 is 5.32 Å². The van der Waals surface area contributed by atoms with Gasteiger partial charge in [-0.2, -0.15) is 0 Å². The van der Waals surface area contributed by atoms with Crippen LogP contribution in [0.15, 0.2) is 0 Å². The van der Waals surface area contributed by atoms with Gasteiger partial charge in [-0.25, -0.2) is 0 Å². The molecule has 3 nitrogen and oxygen atoms in total. The van der Waals surface area contributed by atoms with E-state index in [1.807, 2.05) is 14.1 Å². The Hall–Kier alpha value is -0.570. The summed E-state index contributed by atoms with van der Waals surface area (Å²) in [6, 6.07) is 0.579. The molecule has 0 spiro atoms. The number of carbonyl (C=O) groups is 1. The van der Waals surface area contributed by atoms with E-state index in [1.54, 1.807) is 4.90 Å². The maximum Gasteiger partial charge on any atom is 0.236 e. The van der Waals surface area contributed by atoms with E-state index < -0.39 is 0 Å². The lowest BCUT2D eigenvalue weighted by molar-refractivity contribution is -0.127. The van der Waals surface area contributed by atoms with Gasteiger partial charge in [0.15, 0.2) is 0 Å². The second kappa shape index (κ2) is 6.89. The summed E-state index contributed by atoms with van der Waals surface area (Å²) < 4.78 is 0. The van der Waals surface area contributed by atoms with E-state index in [1.165, 1.54) is 38.5 Å². The van der Waals surface area contributed by atoms with Crippen molar-refractivity contribution in [3.05, 3.63) is 0 Å². The number of nitrogens with one attached hydrogen (secondary N) is 1. The molecule has 1 rings (SSSR count). The molecule has 0 aliphatic heterocycles. The molecule has 1 aliphatic rings. The summed E-state index contributed by atoms with van der Waals surface area (Å²) in [7, 11) is 3.63. The molecule has 0 heterocycles. The van der Waals surface area contributed by atoms with Crippen LogP contribution in [0.3, 0.4) is 0 Å². The Kier molecular flexibility index (Phi) is 5.81. The number of likely N-dealkylation sites (N-methyl/N-ethyl adjacent to an activating group) is 1. The Labute approximate surface area is 99.6 Å². The Morgan fingerprint density at radius 1 is 1.38 bits per heavy atom. The van der Waals surface area contributed by atoms with E-state index in [-0.39, 0.29) is 5.91 Å². The fourth-order valence-corrected chi connectivity index (χ4v) is 2.49. The average molecular weight is 226 g/mol. The molecule has 0 aromatic carbocycles. The lowest BCUT2D eigenvalue weighted by atomic mass is 9.97. The predicted octanol–water partition coefficient (Wildman–Crippen LogP) is 2.02. The fourth-order valence-electron chi connectivity index (χ4n) is 2.49. The van der Waals surface area contributed by atoms with Crippen molar-refractivity contribution in [2.24, 2.45) is 5.92 Å². The van der Waals surface area contributed by atoms with Gasteiger partial charge in [-0.1, -0.05) is 26.2 Å². The first-order chi connectivity index (χ1) is 7.65. The molecule has 0 aromatic heterocycles. The summed E-state index contributed by atoms with van der Waals surface area (Å²) in [6.45, 7) is 2.74. The third-order valence-electron chi connectivity index (χ3n) is 3.60. The zero-order valence-corrected chi connectivity index (χ0v) is 11.0. The van der Waals surface area contributed by atoms with E-state index in [0.717, 1.165) is 5.92 Å². The summed E-state index contributed by atoms with van der Waals surface area (Å²) in [4.78, 5) is 13.1. The molecular formula is C13H26N2O. The van der Waals surface area contributed by atoms with Crippen LogP contribution in [-0.4, -0.2) is 37.5 Å². The molecule has 1 aliphatic carbocycles. The van der Waals surface area contributed by atoms with Gasteiger partial charge < -0.3 is 10.2 Å². The number of carbonyl (C=O) groups excluding carboxylic acids is 1. The van der Waals surface area contributed by atoms with E-state index in [9.17, 15) is 4.79 Å². The molecule has 1 N–H and O–H groups in total. The molecule has 94 valence electrons. The molecule has 0 radical (unpaired) electrons. The van der Waals surface area contributed by atoms with Crippen LogP contribution in [0.5, 0.6) is 0 Å². The number of rotatable bonds is 6. The lowest BCUT2D eigenvalue weighted by Crippen LogP contribution is -2.40. The Morgan fingerprint density at radius 3 is 2.75 bits per heavy atom. The topological polar surface area (TPSA) is 32.3 Å². The monoisotopic (exact) mass is 226 g/mol. The van der Waals surface area contributed by atoms with E-state index in [4.69, 9.17) is 0 Å². The van der Waals surface area contributed by atoms with E-state index in [2.05, 4.69) is 12.2 Å². The second-order valence-electron chi connectivity index (χ2n) is 5.11. The molecule has 0 saturated heterocycles. The average Bonchev–Trinajstić information content (AvgIpc) is 2.70. The fraction of sp³-hybridized carbons (Fsp3) is 0.923. The van der Waals surface area contributed by atoms with Crippen LogP contribution in [0.2, 0.25) is 0 Å². The van der Waals surface area contributed by atoms with Gasteiger partial charge in [-0.05, 0) is 25.2 Å². The van der Waals surface area contributed by atoms with Crippen LogP contribution in [0, 0.1) is 5.92 Å². The Morgan fingerprint density at radius 2 is 2.12 bits per heavy atom. The summed E-state index contributed by atoms with van der Waals surface area (Å²) in [6.07, 6.45) is 7.83. The molecule has 0 aromatic rings. The molecule has 16 heavy (non-hydrogen) atoms. The maximum atomic E-state index is 11.5. The summed E-state index contributed by atoms with van der Waals surface area (Å²) in [5.74, 6) is 0.982. The Balaban J connectivity index is 2.26. The minimum atomic E-state index is 0.182. The van der Waals surface area contributed by atoms with Crippen molar-refractivity contribution in [2.75, 3.05) is 20.6 Å².